The molecule has 16 heavy (non-hydrogen) atoms. The van der Waals surface area contributed by atoms with Crippen molar-refractivity contribution in [2.75, 3.05) is 0 Å². The van der Waals surface area contributed by atoms with E-state index in [1.54, 1.807) is 6.07 Å². The SMILES string of the molecule is Fc1cc(Br)cc(CC2=CC(Cl)CCC2)c1. The number of allylic oxidation sites excluding steroid dienone is 2. The first kappa shape index (κ1) is 12.1. The lowest BCUT2D eigenvalue weighted by Crippen LogP contribution is -2.05. The van der Waals surface area contributed by atoms with Crippen molar-refractivity contribution in [1.29, 1.82) is 0 Å². The van der Waals surface area contributed by atoms with Gasteiger partial charge in [-0.3, -0.25) is 0 Å². The Balaban J connectivity index is 2.14. The van der Waals surface area contributed by atoms with Crippen LogP contribution in [-0.2, 0) is 6.42 Å². The minimum Gasteiger partial charge on any atom is -0.207 e. The Hall–Kier alpha value is -0.340. The van der Waals surface area contributed by atoms with E-state index in [2.05, 4.69) is 22.0 Å². The maximum Gasteiger partial charge on any atom is 0.124 e. The standard InChI is InChI=1S/C13H13BrClF/c14-11-5-10(7-13(16)8-11)4-9-2-1-3-12(15)6-9/h5-8,12H,1-4H2. The van der Waals surface area contributed by atoms with Gasteiger partial charge in [-0.25, -0.2) is 4.39 Å². The van der Waals surface area contributed by atoms with Crippen LogP contribution in [0.3, 0.4) is 0 Å². The highest BCUT2D eigenvalue weighted by Crippen LogP contribution is 2.25. The molecule has 1 aliphatic rings. The molecule has 0 fully saturated rings. The summed E-state index contributed by atoms with van der Waals surface area (Å²) in [6, 6.07) is 5.02. The van der Waals surface area contributed by atoms with E-state index in [9.17, 15) is 4.39 Å². The van der Waals surface area contributed by atoms with Gasteiger partial charge in [0, 0.05) is 4.47 Å². The molecule has 0 spiro atoms. The molecule has 3 heteroatoms. The fraction of sp³-hybridized carbons (Fsp3) is 0.385. The highest BCUT2D eigenvalue weighted by atomic mass is 79.9. The third-order valence-corrected chi connectivity index (χ3v) is 3.55. The van der Waals surface area contributed by atoms with Crippen molar-refractivity contribution in [3.63, 3.8) is 0 Å². The highest BCUT2D eigenvalue weighted by molar-refractivity contribution is 9.10. The van der Waals surface area contributed by atoms with Gasteiger partial charge in [0.25, 0.3) is 0 Å². The van der Waals surface area contributed by atoms with E-state index in [1.165, 1.54) is 11.6 Å². The predicted molar refractivity (Wildman–Crippen MR) is 69.4 cm³/mol. The van der Waals surface area contributed by atoms with E-state index in [-0.39, 0.29) is 11.2 Å². The predicted octanol–water partition coefficient (Wildman–Crippen LogP) is 4.85. The van der Waals surface area contributed by atoms with Gasteiger partial charge >= 0.3 is 0 Å². The Kier molecular flexibility index (Phi) is 4.04. The number of halogens is 3. The van der Waals surface area contributed by atoms with Gasteiger partial charge in [-0.05, 0) is 49.4 Å². The molecular weight excluding hydrogens is 290 g/mol. The Morgan fingerprint density at radius 3 is 2.88 bits per heavy atom. The maximum absolute atomic E-state index is 13.2. The zero-order valence-electron chi connectivity index (χ0n) is 8.85. The van der Waals surface area contributed by atoms with Crippen LogP contribution in [0.25, 0.3) is 0 Å². The second kappa shape index (κ2) is 5.33. The van der Waals surface area contributed by atoms with Crippen LogP contribution in [0.2, 0.25) is 0 Å². The Morgan fingerprint density at radius 1 is 1.38 bits per heavy atom. The monoisotopic (exact) mass is 302 g/mol. The molecule has 0 nitrogen and oxygen atoms in total. The second-order valence-electron chi connectivity index (χ2n) is 4.19. The smallest absolute Gasteiger partial charge is 0.124 e. The highest BCUT2D eigenvalue weighted by Gasteiger charge is 2.11. The van der Waals surface area contributed by atoms with Crippen molar-refractivity contribution in [2.24, 2.45) is 0 Å². The number of rotatable bonds is 2. The summed E-state index contributed by atoms with van der Waals surface area (Å²) in [5.74, 6) is -0.191. The quantitative estimate of drug-likeness (QED) is 0.541. The molecule has 1 aliphatic carbocycles. The molecule has 0 saturated carbocycles. The number of alkyl halides is 1. The lowest BCUT2D eigenvalue weighted by atomic mass is 9.94. The summed E-state index contributed by atoms with van der Waals surface area (Å²) in [5, 5.41) is 0.153. The normalized spacial score (nSPS) is 20.7. The zero-order valence-corrected chi connectivity index (χ0v) is 11.2. The Labute approximate surface area is 109 Å². The minimum atomic E-state index is -0.191. The van der Waals surface area contributed by atoms with Crippen LogP contribution in [0, 0.1) is 5.82 Å². The topological polar surface area (TPSA) is 0 Å². The first-order chi connectivity index (χ1) is 7.63. The van der Waals surface area contributed by atoms with Gasteiger partial charge in [0.15, 0.2) is 0 Å². The van der Waals surface area contributed by atoms with Crippen molar-refractivity contribution in [3.05, 3.63) is 45.7 Å². The maximum atomic E-state index is 13.2. The summed E-state index contributed by atoms with van der Waals surface area (Å²) < 4.78 is 14.0. The van der Waals surface area contributed by atoms with E-state index in [0.717, 1.165) is 35.7 Å². The van der Waals surface area contributed by atoms with E-state index in [4.69, 9.17) is 11.6 Å². The van der Waals surface area contributed by atoms with Crippen molar-refractivity contribution < 1.29 is 4.39 Å². The molecule has 1 unspecified atom stereocenters. The summed E-state index contributed by atoms with van der Waals surface area (Å²) >= 11 is 9.38. The van der Waals surface area contributed by atoms with E-state index in [1.807, 2.05) is 6.07 Å². The number of benzene rings is 1. The summed E-state index contributed by atoms with van der Waals surface area (Å²) in [5.41, 5.74) is 2.33. The summed E-state index contributed by atoms with van der Waals surface area (Å²) in [6.07, 6.45) is 6.19. The second-order valence-corrected chi connectivity index (χ2v) is 5.66. The van der Waals surface area contributed by atoms with Gasteiger partial charge in [-0.1, -0.05) is 27.6 Å². The van der Waals surface area contributed by atoms with Gasteiger partial charge in [0.2, 0.25) is 0 Å². The molecule has 1 aromatic rings. The molecule has 0 aliphatic heterocycles. The van der Waals surface area contributed by atoms with Crippen LogP contribution in [0.1, 0.15) is 24.8 Å². The molecule has 1 aromatic carbocycles. The van der Waals surface area contributed by atoms with Gasteiger partial charge in [-0.2, -0.15) is 0 Å². The van der Waals surface area contributed by atoms with Crippen LogP contribution in [0.5, 0.6) is 0 Å². The van der Waals surface area contributed by atoms with Crippen molar-refractivity contribution in [1.82, 2.24) is 0 Å². The van der Waals surface area contributed by atoms with Gasteiger partial charge < -0.3 is 0 Å². The lowest BCUT2D eigenvalue weighted by molar-refractivity contribution is 0.624. The third kappa shape index (κ3) is 3.33. The number of hydrogen-bond donors (Lipinski definition) is 0. The average Bonchev–Trinajstić information content (AvgIpc) is 2.15. The fourth-order valence-electron chi connectivity index (χ4n) is 2.07. The van der Waals surface area contributed by atoms with Gasteiger partial charge in [0.05, 0.1) is 5.38 Å². The molecule has 0 amide bonds. The first-order valence-electron chi connectivity index (χ1n) is 5.42. The molecule has 86 valence electrons. The molecule has 0 aromatic heterocycles. The summed E-state index contributed by atoms with van der Waals surface area (Å²) in [7, 11) is 0. The summed E-state index contributed by atoms with van der Waals surface area (Å²) in [4.78, 5) is 0. The molecule has 0 N–H and O–H groups in total. The molecule has 1 atom stereocenters. The third-order valence-electron chi connectivity index (χ3n) is 2.75. The van der Waals surface area contributed by atoms with E-state index >= 15 is 0 Å². The van der Waals surface area contributed by atoms with Crippen LogP contribution in [-0.4, -0.2) is 5.38 Å². The molecule has 0 bridgehead atoms. The van der Waals surface area contributed by atoms with E-state index < -0.39 is 0 Å². The Bertz CT molecular complexity index is 394. The van der Waals surface area contributed by atoms with Gasteiger partial charge in [0.1, 0.15) is 5.82 Å². The molecular formula is C13H13BrClF. The van der Waals surface area contributed by atoms with Crippen LogP contribution >= 0.6 is 27.5 Å². The molecule has 0 heterocycles. The zero-order chi connectivity index (χ0) is 11.5. The Morgan fingerprint density at radius 2 is 2.19 bits per heavy atom. The molecule has 2 rings (SSSR count). The summed E-state index contributed by atoms with van der Waals surface area (Å²) in [6.45, 7) is 0. The van der Waals surface area contributed by atoms with Crippen LogP contribution in [0.4, 0.5) is 4.39 Å². The van der Waals surface area contributed by atoms with Crippen molar-refractivity contribution >= 4 is 27.5 Å². The minimum absolute atomic E-state index is 0.153. The van der Waals surface area contributed by atoms with Crippen molar-refractivity contribution in [3.8, 4) is 0 Å². The van der Waals surface area contributed by atoms with Gasteiger partial charge in [-0.15, -0.1) is 11.6 Å². The fourth-order valence-corrected chi connectivity index (χ4v) is 2.91. The lowest BCUT2D eigenvalue weighted by Gasteiger charge is -2.16. The molecule has 0 saturated heterocycles. The van der Waals surface area contributed by atoms with Crippen molar-refractivity contribution in [2.45, 2.75) is 31.1 Å². The average molecular weight is 304 g/mol. The largest absolute Gasteiger partial charge is 0.207 e. The van der Waals surface area contributed by atoms with Crippen LogP contribution in [0.15, 0.2) is 34.3 Å². The number of hydrogen-bond acceptors (Lipinski definition) is 0. The first-order valence-corrected chi connectivity index (χ1v) is 6.65. The molecule has 0 radical (unpaired) electrons. The van der Waals surface area contributed by atoms with Crippen LogP contribution < -0.4 is 0 Å². The van der Waals surface area contributed by atoms with E-state index in [0.29, 0.717) is 0 Å².